The molecular weight excluding hydrogens is 250 g/mol. The van der Waals surface area contributed by atoms with E-state index in [1.54, 1.807) is 0 Å². The van der Waals surface area contributed by atoms with E-state index < -0.39 is 0 Å². The second-order valence-electron chi connectivity index (χ2n) is 6.26. The van der Waals surface area contributed by atoms with Gasteiger partial charge in [-0.2, -0.15) is 0 Å². The summed E-state index contributed by atoms with van der Waals surface area (Å²) in [6, 6.07) is 10.1. The molecule has 3 heteroatoms. The SMILES string of the molecule is CC(C)C[C@H](CC(=O)[C@@H]1CC1c1ccccc1)C(N)=O. The van der Waals surface area contributed by atoms with E-state index in [2.05, 4.69) is 12.1 Å². The summed E-state index contributed by atoms with van der Waals surface area (Å²) in [5.41, 5.74) is 6.64. The van der Waals surface area contributed by atoms with Crippen molar-refractivity contribution in [2.45, 2.75) is 39.0 Å². The van der Waals surface area contributed by atoms with E-state index in [-0.39, 0.29) is 23.5 Å². The number of Topliss-reactive ketones (excluding diaryl/α,β-unsaturated/α-hetero) is 1. The number of carbonyl (C=O) groups is 2. The van der Waals surface area contributed by atoms with Crippen molar-refractivity contribution in [3.05, 3.63) is 35.9 Å². The molecule has 0 aromatic heterocycles. The normalized spacial score (nSPS) is 22.6. The van der Waals surface area contributed by atoms with Gasteiger partial charge in [0.1, 0.15) is 5.78 Å². The Balaban J connectivity index is 1.91. The van der Waals surface area contributed by atoms with Crippen molar-refractivity contribution < 1.29 is 9.59 Å². The van der Waals surface area contributed by atoms with Gasteiger partial charge >= 0.3 is 0 Å². The molecule has 3 nitrogen and oxygen atoms in total. The van der Waals surface area contributed by atoms with Crippen LogP contribution in [0.4, 0.5) is 0 Å². The Morgan fingerprint density at radius 3 is 2.45 bits per heavy atom. The highest BCUT2D eigenvalue weighted by molar-refractivity contribution is 5.89. The zero-order valence-electron chi connectivity index (χ0n) is 12.2. The summed E-state index contributed by atoms with van der Waals surface area (Å²) in [5, 5.41) is 0. The molecule has 108 valence electrons. The largest absolute Gasteiger partial charge is 0.369 e. The fourth-order valence-corrected chi connectivity index (χ4v) is 2.88. The summed E-state index contributed by atoms with van der Waals surface area (Å²) in [5.74, 6) is 0.360. The molecule has 1 fully saturated rings. The van der Waals surface area contributed by atoms with Crippen LogP contribution >= 0.6 is 0 Å². The molecule has 1 amide bonds. The molecule has 0 saturated heterocycles. The van der Waals surface area contributed by atoms with Gasteiger partial charge in [-0.3, -0.25) is 9.59 Å². The summed E-state index contributed by atoms with van der Waals surface area (Å²) in [6.45, 7) is 4.09. The van der Waals surface area contributed by atoms with E-state index in [0.717, 1.165) is 6.42 Å². The van der Waals surface area contributed by atoms with E-state index in [1.807, 2.05) is 32.0 Å². The van der Waals surface area contributed by atoms with Crippen LogP contribution < -0.4 is 5.73 Å². The van der Waals surface area contributed by atoms with Gasteiger partial charge in [-0.25, -0.2) is 0 Å². The summed E-state index contributed by atoms with van der Waals surface area (Å²) >= 11 is 0. The Labute approximate surface area is 120 Å². The number of nitrogens with two attached hydrogens (primary N) is 1. The Hall–Kier alpha value is -1.64. The summed E-state index contributed by atoms with van der Waals surface area (Å²) in [7, 11) is 0. The quantitative estimate of drug-likeness (QED) is 0.830. The first-order chi connectivity index (χ1) is 9.49. The Morgan fingerprint density at radius 1 is 1.25 bits per heavy atom. The molecule has 0 radical (unpaired) electrons. The van der Waals surface area contributed by atoms with E-state index >= 15 is 0 Å². The fourth-order valence-electron chi connectivity index (χ4n) is 2.88. The highest BCUT2D eigenvalue weighted by Gasteiger charge is 2.44. The molecule has 0 heterocycles. The number of primary amides is 1. The average Bonchev–Trinajstić information content (AvgIpc) is 3.18. The van der Waals surface area contributed by atoms with E-state index in [1.165, 1.54) is 5.56 Å². The molecule has 20 heavy (non-hydrogen) atoms. The second-order valence-corrected chi connectivity index (χ2v) is 6.26. The summed E-state index contributed by atoms with van der Waals surface area (Å²) < 4.78 is 0. The number of carbonyl (C=O) groups excluding carboxylic acids is 2. The molecule has 1 aliphatic rings. The molecule has 1 saturated carbocycles. The molecule has 3 atom stereocenters. The first-order valence-corrected chi connectivity index (χ1v) is 7.36. The van der Waals surface area contributed by atoms with Crippen LogP contribution in [0.15, 0.2) is 30.3 Å². The minimum Gasteiger partial charge on any atom is -0.369 e. The number of amides is 1. The first-order valence-electron chi connectivity index (χ1n) is 7.36. The molecule has 1 aromatic carbocycles. The molecule has 0 bridgehead atoms. The van der Waals surface area contributed by atoms with Gasteiger partial charge in [0, 0.05) is 18.3 Å². The molecule has 1 aromatic rings. The second kappa shape index (κ2) is 6.21. The number of rotatable bonds is 7. The van der Waals surface area contributed by atoms with Crippen LogP contribution in [-0.4, -0.2) is 11.7 Å². The summed E-state index contributed by atoms with van der Waals surface area (Å²) in [4.78, 5) is 23.7. The molecule has 2 rings (SSSR count). The first kappa shape index (κ1) is 14.8. The Kier molecular flexibility index (Phi) is 4.58. The average molecular weight is 273 g/mol. The van der Waals surface area contributed by atoms with Crippen LogP contribution in [0.1, 0.15) is 44.6 Å². The predicted octanol–water partition coefficient (Wildman–Crippen LogP) is 2.90. The summed E-state index contributed by atoms with van der Waals surface area (Å²) in [6.07, 6.45) is 1.92. The lowest BCUT2D eigenvalue weighted by atomic mass is 9.90. The maximum Gasteiger partial charge on any atom is 0.220 e. The van der Waals surface area contributed by atoms with Crippen LogP contribution in [0.5, 0.6) is 0 Å². The van der Waals surface area contributed by atoms with Gasteiger partial charge in [0.2, 0.25) is 5.91 Å². The minimum atomic E-state index is -0.344. The van der Waals surface area contributed by atoms with Crippen LogP contribution in [0.2, 0.25) is 0 Å². The van der Waals surface area contributed by atoms with Gasteiger partial charge in [-0.05, 0) is 30.2 Å². The molecule has 0 spiro atoms. The van der Waals surface area contributed by atoms with Crippen molar-refractivity contribution in [1.29, 1.82) is 0 Å². The lowest BCUT2D eigenvalue weighted by Gasteiger charge is -2.14. The highest BCUT2D eigenvalue weighted by atomic mass is 16.1. The molecule has 1 aliphatic carbocycles. The monoisotopic (exact) mass is 273 g/mol. The van der Waals surface area contributed by atoms with Crippen molar-refractivity contribution in [3.63, 3.8) is 0 Å². The Morgan fingerprint density at radius 2 is 1.90 bits per heavy atom. The lowest BCUT2D eigenvalue weighted by Crippen LogP contribution is -2.27. The topological polar surface area (TPSA) is 60.2 Å². The van der Waals surface area contributed by atoms with Gasteiger partial charge in [-0.1, -0.05) is 44.2 Å². The zero-order valence-corrected chi connectivity index (χ0v) is 12.2. The van der Waals surface area contributed by atoms with Gasteiger partial charge in [0.25, 0.3) is 0 Å². The molecule has 1 unspecified atom stereocenters. The third-order valence-corrected chi connectivity index (χ3v) is 4.04. The maximum absolute atomic E-state index is 12.3. The van der Waals surface area contributed by atoms with Crippen LogP contribution in [0, 0.1) is 17.8 Å². The van der Waals surface area contributed by atoms with Crippen molar-refractivity contribution in [2.24, 2.45) is 23.5 Å². The molecular formula is C17H23NO2. The lowest BCUT2D eigenvalue weighted by molar-refractivity contribution is -0.128. The van der Waals surface area contributed by atoms with E-state index in [0.29, 0.717) is 24.7 Å². The third-order valence-electron chi connectivity index (χ3n) is 4.04. The van der Waals surface area contributed by atoms with Gasteiger partial charge in [0.15, 0.2) is 0 Å². The number of benzene rings is 1. The Bertz CT molecular complexity index is 481. The van der Waals surface area contributed by atoms with Crippen molar-refractivity contribution >= 4 is 11.7 Å². The van der Waals surface area contributed by atoms with Crippen LogP contribution in [-0.2, 0) is 9.59 Å². The van der Waals surface area contributed by atoms with Crippen molar-refractivity contribution in [3.8, 4) is 0 Å². The van der Waals surface area contributed by atoms with E-state index in [4.69, 9.17) is 5.73 Å². The van der Waals surface area contributed by atoms with Crippen molar-refractivity contribution in [1.82, 2.24) is 0 Å². The smallest absolute Gasteiger partial charge is 0.220 e. The standard InChI is InChI=1S/C17H23NO2/c1-11(2)8-13(17(18)20)9-16(19)15-10-14(15)12-6-4-3-5-7-12/h3-7,11,13-15H,8-10H2,1-2H3,(H2,18,20)/t13-,14?,15-/m1/s1. The third kappa shape index (κ3) is 3.69. The number of hydrogen-bond donors (Lipinski definition) is 1. The van der Waals surface area contributed by atoms with Crippen molar-refractivity contribution in [2.75, 3.05) is 0 Å². The molecule has 2 N–H and O–H groups in total. The van der Waals surface area contributed by atoms with E-state index in [9.17, 15) is 9.59 Å². The van der Waals surface area contributed by atoms with Gasteiger partial charge in [-0.15, -0.1) is 0 Å². The minimum absolute atomic E-state index is 0.0893. The fraction of sp³-hybridized carbons (Fsp3) is 0.529. The number of ketones is 1. The zero-order chi connectivity index (χ0) is 14.7. The molecule has 0 aliphatic heterocycles. The number of hydrogen-bond acceptors (Lipinski definition) is 2. The van der Waals surface area contributed by atoms with Gasteiger partial charge < -0.3 is 5.73 Å². The van der Waals surface area contributed by atoms with Gasteiger partial charge in [0.05, 0.1) is 0 Å². The predicted molar refractivity (Wildman–Crippen MR) is 79.1 cm³/mol. The van der Waals surface area contributed by atoms with Crippen LogP contribution in [0.25, 0.3) is 0 Å². The maximum atomic E-state index is 12.3. The van der Waals surface area contributed by atoms with Crippen LogP contribution in [0.3, 0.4) is 0 Å². The highest BCUT2D eigenvalue weighted by Crippen LogP contribution is 2.48.